The second-order valence-electron chi connectivity index (χ2n) is 12.3. The molecule has 1 unspecified atom stereocenters. The molecule has 0 bridgehead atoms. The molecular weight excluding hydrogens is 356 g/mol. The van der Waals surface area contributed by atoms with Crippen molar-refractivity contribution in [2.24, 2.45) is 46.3 Å². The molecule has 2 heteroatoms. The molecule has 166 valence electrons. The summed E-state index contributed by atoms with van der Waals surface area (Å²) in [4.78, 5) is 0. The van der Waals surface area contributed by atoms with Gasteiger partial charge in [0.25, 0.3) is 0 Å². The van der Waals surface area contributed by atoms with Gasteiger partial charge in [-0.15, -0.1) is 0 Å². The highest BCUT2D eigenvalue weighted by Gasteiger charge is 2.61. The van der Waals surface area contributed by atoms with Crippen molar-refractivity contribution >= 4 is 0 Å². The molecule has 0 aromatic carbocycles. The molecule has 3 fully saturated rings. The van der Waals surface area contributed by atoms with Crippen molar-refractivity contribution in [1.29, 1.82) is 0 Å². The SMILES string of the molecule is CC(C)CCC[C@@H](C)[C@H]1CC[C@H]2[C@@H]3[C@@H](O)C=C4CC(O)CC[C@]4(C)[C@H]3CC[C@]12C. The number of rotatable bonds is 5. The molecule has 0 aliphatic heterocycles. The summed E-state index contributed by atoms with van der Waals surface area (Å²) in [6.07, 6.45) is 13.9. The van der Waals surface area contributed by atoms with Crippen molar-refractivity contribution < 1.29 is 10.2 Å². The molecule has 0 saturated heterocycles. The first-order chi connectivity index (χ1) is 13.7. The monoisotopic (exact) mass is 402 g/mol. The molecule has 0 aromatic heterocycles. The molecule has 2 N–H and O–H groups in total. The van der Waals surface area contributed by atoms with Crippen LogP contribution in [-0.4, -0.2) is 22.4 Å². The van der Waals surface area contributed by atoms with Crippen molar-refractivity contribution in [3.05, 3.63) is 11.6 Å². The normalized spacial score (nSPS) is 47.9. The smallest absolute Gasteiger partial charge is 0.0757 e. The standard InChI is InChI=1S/C27H46O2/c1-17(2)7-6-8-18(3)21-9-10-22-25-23(12-14-27(21,22)5)26(4)13-11-20(28)15-19(26)16-24(25)29/h16-18,20-25,28-29H,6-15H2,1-5H3/t18-,20?,21-,22+,23+,24+,25+,26+,27-/m1/s1. The Morgan fingerprint density at radius 3 is 2.45 bits per heavy atom. The summed E-state index contributed by atoms with van der Waals surface area (Å²) in [5.41, 5.74) is 1.99. The molecule has 2 nitrogen and oxygen atoms in total. The van der Waals surface area contributed by atoms with Crippen LogP contribution in [0, 0.1) is 46.3 Å². The highest BCUT2D eigenvalue weighted by atomic mass is 16.3. The first-order valence-corrected chi connectivity index (χ1v) is 12.7. The summed E-state index contributed by atoms with van der Waals surface area (Å²) in [6, 6.07) is 0. The minimum absolute atomic E-state index is 0.200. The Morgan fingerprint density at radius 2 is 1.72 bits per heavy atom. The van der Waals surface area contributed by atoms with Gasteiger partial charge in [-0.3, -0.25) is 0 Å². The Hall–Kier alpha value is -0.340. The van der Waals surface area contributed by atoms with E-state index in [1.807, 2.05) is 0 Å². The predicted octanol–water partition coefficient (Wildman–Crippen LogP) is 6.36. The van der Waals surface area contributed by atoms with Crippen LogP contribution in [0.25, 0.3) is 0 Å². The van der Waals surface area contributed by atoms with E-state index in [2.05, 4.69) is 40.7 Å². The molecule has 0 amide bonds. The largest absolute Gasteiger partial charge is 0.393 e. The third-order valence-electron chi connectivity index (χ3n) is 10.3. The van der Waals surface area contributed by atoms with Gasteiger partial charge in [0.05, 0.1) is 12.2 Å². The molecule has 9 atom stereocenters. The molecular formula is C27H46O2. The van der Waals surface area contributed by atoms with Crippen LogP contribution in [0.15, 0.2) is 11.6 Å². The topological polar surface area (TPSA) is 40.5 Å². The second-order valence-corrected chi connectivity index (χ2v) is 12.3. The minimum Gasteiger partial charge on any atom is -0.393 e. The van der Waals surface area contributed by atoms with Gasteiger partial charge in [0, 0.05) is 0 Å². The van der Waals surface area contributed by atoms with Crippen molar-refractivity contribution in [2.45, 2.75) is 111 Å². The Labute approximate surface area is 179 Å². The van der Waals surface area contributed by atoms with E-state index in [-0.39, 0.29) is 17.6 Å². The molecule has 29 heavy (non-hydrogen) atoms. The van der Waals surface area contributed by atoms with E-state index in [1.54, 1.807) is 0 Å². The van der Waals surface area contributed by atoms with E-state index in [9.17, 15) is 10.2 Å². The van der Waals surface area contributed by atoms with Crippen LogP contribution in [0.5, 0.6) is 0 Å². The van der Waals surface area contributed by atoms with Crippen LogP contribution in [-0.2, 0) is 0 Å². The number of aliphatic hydroxyl groups is 2. The third-order valence-corrected chi connectivity index (χ3v) is 10.3. The highest BCUT2D eigenvalue weighted by Crippen LogP contribution is 2.67. The molecule has 4 aliphatic rings. The lowest BCUT2D eigenvalue weighted by Crippen LogP contribution is -2.54. The Morgan fingerprint density at radius 1 is 0.966 bits per heavy atom. The summed E-state index contributed by atoms with van der Waals surface area (Å²) in [5, 5.41) is 21.5. The van der Waals surface area contributed by atoms with Crippen molar-refractivity contribution in [3.8, 4) is 0 Å². The van der Waals surface area contributed by atoms with Crippen LogP contribution in [0.3, 0.4) is 0 Å². The fourth-order valence-corrected chi connectivity index (χ4v) is 8.65. The Kier molecular flexibility index (Phi) is 6.01. The molecule has 0 spiro atoms. The summed E-state index contributed by atoms with van der Waals surface area (Å²) < 4.78 is 0. The van der Waals surface area contributed by atoms with Crippen molar-refractivity contribution in [2.75, 3.05) is 0 Å². The zero-order valence-electron chi connectivity index (χ0n) is 19.7. The van der Waals surface area contributed by atoms with E-state index in [1.165, 1.54) is 50.5 Å². The van der Waals surface area contributed by atoms with Gasteiger partial charge in [-0.25, -0.2) is 0 Å². The summed E-state index contributed by atoms with van der Waals surface area (Å²) in [5.74, 6) is 4.18. The van der Waals surface area contributed by atoms with Gasteiger partial charge in [-0.2, -0.15) is 0 Å². The van der Waals surface area contributed by atoms with Crippen LogP contribution in [0.1, 0.15) is 98.8 Å². The average Bonchev–Trinajstić information content (AvgIpc) is 3.00. The third kappa shape index (κ3) is 3.65. The Balaban J connectivity index is 1.54. The van der Waals surface area contributed by atoms with Crippen LogP contribution in [0.4, 0.5) is 0 Å². The van der Waals surface area contributed by atoms with Gasteiger partial charge < -0.3 is 10.2 Å². The number of hydrogen-bond acceptors (Lipinski definition) is 2. The van der Waals surface area contributed by atoms with E-state index in [0.29, 0.717) is 23.2 Å². The maximum atomic E-state index is 11.3. The minimum atomic E-state index is -0.298. The first kappa shape index (κ1) is 21.9. The predicted molar refractivity (Wildman–Crippen MR) is 120 cm³/mol. The number of aliphatic hydroxyl groups excluding tert-OH is 2. The lowest BCUT2D eigenvalue weighted by Gasteiger charge is -2.59. The maximum Gasteiger partial charge on any atom is 0.0757 e. The van der Waals surface area contributed by atoms with Gasteiger partial charge in [0.15, 0.2) is 0 Å². The molecule has 0 radical (unpaired) electrons. The lowest BCUT2D eigenvalue weighted by molar-refractivity contribution is -0.0970. The van der Waals surface area contributed by atoms with Gasteiger partial charge >= 0.3 is 0 Å². The lowest BCUT2D eigenvalue weighted by atomic mass is 9.46. The highest BCUT2D eigenvalue weighted by molar-refractivity contribution is 5.27. The molecule has 4 rings (SSSR count). The van der Waals surface area contributed by atoms with Crippen molar-refractivity contribution in [3.63, 3.8) is 0 Å². The van der Waals surface area contributed by atoms with Gasteiger partial charge in [-0.05, 0) is 91.3 Å². The van der Waals surface area contributed by atoms with Crippen LogP contribution >= 0.6 is 0 Å². The van der Waals surface area contributed by atoms with Gasteiger partial charge in [0.1, 0.15) is 0 Å². The van der Waals surface area contributed by atoms with E-state index >= 15 is 0 Å². The number of fused-ring (bicyclic) bond motifs is 5. The Bertz CT molecular complexity index is 624. The fraction of sp³-hybridized carbons (Fsp3) is 0.926. The zero-order chi connectivity index (χ0) is 21.0. The first-order valence-electron chi connectivity index (χ1n) is 12.7. The maximum absolute atomic E-state index is 11.3. The summed E-state index contributed by atoms with van der Waals surface area (Å²) in [6.45, 7) is 12.2. The van der Waals surface area contributed by atoms with Crippen LogP contribution in [0.2, 0.25) is 0 Å². The average molecular weight is 403 g/mol. The van der Waals surface area contributed by atoms with Gasteiger partial charge in [-0.1, -0.05) is 65.5 Å². The fourth-order valence-electron chi connectivity index (χ4n) is 8.65. The molecule has 0 aromatic rings. The van der Waals surface area contributed by atoms with E-state index in [0.717, 1.165) is 37.0 Å². The quantitative estimate of drug-likeness (QED) is 0.525. The molecule has 0 heterocycles. The second kappa shape index (κ2) is 7.97. The zero-order valence-corrected chi connectivity index (χ0v) is 19.7. The number of hydrogen-bond donors (Lipinski definition) is 2. The molecule has 3 saturated carbocycles. The molecule has 4 aliphatic carbocycles. The summed E-state index contributed by atoms with van der Waals surface area (Å²) >= 11 is 0. The summed E-state index contributed by atoms with van der Waals surface area (Å²) in [7, 11) is 0. The van der Waals surface area contributed by atoms with Gasteiger partial charge in [0.2, 0.25) is 0 Å². The van der Waals surface area contributed by atoms with E-state index in [4.69, 9.17) is 0 Å². The van der Waals surface area contributed by atoms with E-state index < -0.39 is 0 Å². The van der Waals surface area contributed by atoms with Crippen LogP contribution < -0.4 is 0 Å². The van der Waals surface area contributed by atoms with Crippen molar-refractivity contribution in [1.82, 2.24) is 0 Å².